The molecule has 9 heteroatoms. The Labute approximate surface area is 204 Å². The van der Waals surface area contributed by atoms with Crippen LogP contribution in [0.1, 0.15) is 52.7 Å². The van der Waals surface area contributed by atoms with Crippen molar-refractivity contribution < 1.29 is 14.6 Å². The summed E-state index contributed by atoms with van der Waals surface area (Å²) in [6.45, 7) is 0.335. The van der Waals surface area contributed by atoms with Gasteiger partial charge in [-0.1, -0.05) is 36.4 Å². The molecule has 1 fully saturated rings. The van der Waals surface area contributed by atoms with E-state index in [4.69, 9.17) is 15.9 Å². The minimum atomic E-state index is -0.251. The second-order valence-corrected chi connectivity index (χ2v) is 8.59. The third-order valence-electron chi connectivity index (χ3n) is 6.21. The number of hydrogen-bond donors (Lipinski definition) is 5. The van der Waals surface area contributed by atoms with Gasteiger partial charge in [-0.25, -0.2) is 9.97 Å². The zero-order valence-corrected chi connectivity index (χ0v) is 19.6. The van der Waals surface area contributed by atoms with Gasteiger partial charge in [-0.15, -0.1) is 0 Å². The Morgan fingerprint density at radius 1 is 1.11 bits per heavy atom. The predicted molar refractivity (Wildman–Crippen MR) is 135 cm³/mol. The van der Waals surface area contributed by atoms with E-state index in [0.29, 0.717) is 34.8 Å². The molecule has 1 saturated carbocycles. The Hall–Kier alpha value is -3.98. The smallest absolute Gasteiger partial charge is 0.255 e. The van der Waals surface area contributed by atoms with E-state index in [0.717, 1.165) is 31.2 Å². The van der Waals surface area contributed by atoms with Crippen molar-refractivity contribution in [3.05, 3.63) is 77.1 Å². The highest BCUT2D eigenvalue weighted by Crippen LogP contribution is 2.26. The second-order valence-electron chi connectivity index (χ2n) is 8.59. The number of aromatic nitrogens is 2. The molecule has 182 valence electrons. The Balaban J connectivity index is 1.44. The highest BCUT2D eigenvalue weighted by Gasteiger charge is 2.23. The van der Waals surface area contributed by atoms with Crippen molar-refractivity contribution in [1.29, 1.82) is 5.41 Å². The zero-order valence-electron chi connectivity index (χ0n) is 19.6. The topological polar surface area (TPSA) is 146 Å². The molecule has 1 aromatic heterocycles. The van der Waals surface area contributed by atoms with Crippen LogP contribution in [0.2, 0.25) is 0 Å². The molecule has 0 unspecified atom stereocenters. The maximum atomic E-state index is 12.5. The Bertz CT molecular complexity index is 1190. The molecular weight excluding hydrogens is 444 g/mol. The van der Waals surface area contributed by atoms with Crippen LogP contribution in [0, 0.1) is 5.41 Å². The van der Waals surface area contributed by atoms with Crippen LogP contribution in [0.3, 0.4) is 0 Å². The maximum Gasteiger partial charge on any atom is 0.255 e. The average Bonchev–Trinajstić information content (AvgIpc) is 2.88. The van der Waals surface area contributed by atoms with Crippen molar-refractivity contribution in [2.75, 3.05) is 18.2 Å². The summed E-state index contributed by atoms with van der Waals surface area (Å²) in [5, 5.41) is 24.8. The van der Waals surface area contributed by atoms with Gasteiger partial charge < -0.3 is 26.2 Å². The van der Waals surface area contributed by atoms with Crippen molar-refractivity contribution in [2.24, 2.45) is 0 Å². The highest BCUT2D eigenvalue weighted by atomic mass is 16.5. The minimum absolute atomic E-state index is 0.161. The number of nitrogens with one attached hydrogen (secondary N) is 3. The molecule has 9 nitrogen and oxygen atoms in total. The van der Waals surface area contributed by atoms with E-state index in [-0.39, 0.29) is 29.6 Å². The maximum absolute atomic E-state index is 12.5. The van der Waals surface area contributed by atoms with Gasteiger partial charge in [0.15, 0.2) is 0 Å². The number of anilines is 2. The molecule has 2 aromatic carbocycles. The lowest BCUT2D eigenvalue weighted by Gasteiger charge is -2.27. The number of carbonyl (C=O) groups excluding carboxylic acids is 1. The molecule has 35 heavy (non-hydrogen) atoms. The van der Waals surface area contributed by atoms with E-state index >= 15 is 0 Å². The van der Waals surface area contributed by atoms with Gasteiger partial charge in [-0.05, 0) is 43.4 Å². The fraction of sp³-hybridized carbons (Fsp3) is 0.308. The van der Waals surface area contributed by atoms with E-state index in [9.17, 15) is 9.90 Å². The van der Waals surface area contributed by atoms with Gasteiger partial charge in [0.1, 0.15) is 23.7 Å². The normalized spacial score (nSPS) is 17.4. The van der Waals surface area contributed by atoms with Crippen molar-refractivity contribution >= 4 is 23.3 Å². The van der Waals surface area contributed by atoms with Crippen LogP contribution in [-0.2, 0) is 6.54 Å². The van der Waals surface area contributed by atoms with E-state index in [1.54, 1.807) is 18.2 Å². The number of aliphatic hydroxyl groups excluding tert-OH is 1. The lowest BCUT2D eigenvalue weighted by Crippen LogP contribution is -2.29. The summed E-state index contributed by atoms with van der Waals surface area (Å²) in [5.74, 6) is 1.05. The van der Waals surface area contributed by atoms with Gasteiger partial charge in [0.05, 0.1) is 30.1 Å². The fourth-order valence-electron chi connectivity index (χ4n) is 4.21. The number of nitrogens with two attached hydrogens (primary N) is 1. The fourth-order valence-corrected chi connectivity index (χ4v) is 4.21. The van der Waals surface area contributed by atoms with Gasteiger partial charge in [0, 0.05) is 18.2 Å². The van der Waals surface area contributed by atoms with Crippen molar-refractivity contribution in [2.45, 2.75) is 44.4 Å². The van der Waals surface area contributed by atoms with Gasteiger partial charge in [-0.3, -0.25) is 10.2 Å². The van der Waals surface area contributed by atoms with Crippen LogP contribution in [-0.4, -0.2) is 45.9 Å². The number of hydrogen-bond acceptors (Lipinski definition) is 8. The molecule has 4 rings (SSSR count). The second kappa shape index (κ2) is 11.0. The quantitative estimate of drug-likeness (QED) is 0.315. The molecular formula is C26H30N6O3. The van der Waals surface area contributed by atoms with E-state index < -0.39 is 0 Å². The highest BCUT2D eigenvalue weighted by molar-refractivity contribution is 6.16. The molecule has 1 aliphatic rings. The standard InChI is InChI=1S/C26H30N6O3/c1-35-21-5-3-2-4-20(21)26(34)29-14-16-6-8-17(9-7-16)23(27)22-24(28)30-15-31-25(22)32-18-10-12-19(33)13-11-18/h2-9,15,18-19,27,33H,10-14H2,1H3,(H,29,34)(H3,28,30,31,32). The molecule has 0 aliphatic heterocycles. The SMILES string of the molecule is COc1ccccc1C(=O)NCc1ccc(C(=N)c2c(N)ncnc2NC2CCC(O)CC2)cc1. The Morgan fingerprint density at radius 3 is 2.54 bits per heavy atom. The summed E-state index contributed by atoms with van der Waals surface area (Å²) in [6, 6.07) is 14.6. The van der Waals surface area contributed by atoms with Crippen molar-refractivity contribution in [3.63, 3.8) is 0 Å². The van der Waals surface area contributed by atoms with Gasteiger partial charge in [0.25, 0.3) is 5.91 Å². The molecule has 0 spiro atoms. The first-order chi connectivity index (χ1) is 17.0. The zero-order chi connectivity index (χ0) is 24.8. The predicted octanol–water partition coefficient (Wildman–Crippen LogP) is 3.13. The van der Waals surface area contributed by atoms with Crippen molar-refractivity contribution in [1.82, 2.24) is 15.3 Å². The number of aliphatic hydroxyl groups is 1. The average molecular weight is 475 g/mol. The number of methoxy groups -OCH3 is 1. The van der Waals surface area contributed by atoms with Crippen LogP contribution in [0.4, 0.5) is 11.6 Å². The summed E-state index contributed by atoms with van der Waals surface area (Å²) in [4.78, 5) is 21.0. The molecule has 1 heterocycles. The lowest BCUT2D eigenvalue weighted by atomic mass is 9.93. The number of benzene rings is 2. The van der Waals surface area contributed by atoms with E-state index in [2.05, 4.69) is 20.6 Å². The first-order valence-electron chi connectivity index (χ1n) is 11.6. The van der Waals surface area contributed by atoms with E-state index in [1.165, 1.54) is 13.4 Å². The van der Waals surface area contributed by atoms with Gasteiger partial charge >= 0.3 is 0 Å². The molecule has 0 saturated heterocycles. The molecule has 1 amide bonds. The first-order valence-corrected chi connectivity index (χ1v) is 11.6. The Morgan fingerprint density at radius 2 is 1.83 bits per heavy atom. The van der Waals surface area contributed by atoms with Crippen LogP contribution < -0.4 is 21.1 Å². The third kappa shape index (κ3) is 5.75. The number of carbonyl (C=O) groups is 1. The molecule has 3 aromatic rings. The third-order valence-corrected chi connectivity index (χ3v) is 6.21. The number of rotatable bonds is 8. The van der Waals surface area contributed by atoms with Crippen LogP contribution in [0.5, 0.6) is 5.75 Å². The lowest BCUT2D eigenvalue weighted by molar-refractivity contribution is 0.0948. The molecule has 6 N–H and O–H groups in total. The van der Waals surface area contributed by atoms with Crippen LogP contribution in [0.25, 0.3) is 0 Å². The number of amides is 1. The monoisotopic (exact) mass is 474 g/mol. The van der Waals surface area contributed by atoms with Crippen LogP contribution >= 0.6 is 0 Å². The molecule has 0 bridgehead atoms. The van der Waals surface area contributed by atoms with Gasteiger partial charge in [-0.2, -0.15) is 0 Å². The van der Waals surface area contributed by atoms with Crippen LogP contribution in [0.15, 0.2) is 54.9 Å². The molecule has 0 atom stereocenters. The number of ether oxygens (including phenoxy) is 1. The summed E-state index contributed by atoms with van der Waals surface area (Å²) < 4.78 is 5.25. The number of para-hydroxylation sites is 1. The molecule has 0 radical (unpaired) electrons. The van der Waals surface area contributed by atoms with Gasteiger partial charge in [0.2, 0.25) is 0 Å². The van der Waals surface area contributed by atoms with E-state index in [1.807, 2.05) is 30.3 Å². The summed E-state index contributed by atoms with van der Waals surface area (Å²) in [6.07, 6.45) is 4.26. The Kier molecular flexibility index (Phi) is 7.57. The van der Waals surface area contributed by atoms with Crippen molar-refractivity contribution in [3.8, 4) is 5.75 Å². The summed E-state index contributed by atoms with van der Waals surface area (Å²) >= 11 is 0. The summed E-state index contributed by atoms with van der Waals surface area (Å²) in [7, 11) is 1.53. The first kappa shape index (κ1) is 24.2. The molecule has 1 aliphatic carbocycles. The minimum Gasteiger partial charge on any atom is -0.496 e. The number of nitrogens with zero attached hydrogens (tertiary/aromatic N) is 2. The largest absolute Gasteiger partial charge is 0.496 e. The summed E-state index contributed by atoms with van der Waals surface area (Å²) in [5.41, 5.74) is 8.84. The number of nitrogen functional groups attached to an aromatic ring is 1.